The Morgan fingerprint density at radius 3 is 2.17 bits per heavy atom. The molecule has 0 saturated heterocycles. The molecule has 0 aliphatic carbocycles. The molecule has 0 aliphatic rings. The standard InChI is InChI=1S/C14H12ClNO2/c15-16(13-9-5-2-6-10-13)18-14(17)11-12-7-3-1-4-8-12/h1-10H,11H2. The fourth-order valence-corrected chi connectivity index (χ4v) is 1.67. The average molecular weight is 262 g/mol. The summed E-state index contributed by atoms with van der Waals surface area (Å²) >= 11 is 5.86. The minimum atomic E-state index is -0.403. The van der Waals surface area contributed by atoms with Crippen LogP contribution in [0.15, 0.2) is 60.7 Å². The van der Waals surface area contributed by atoms with Gasteiger partial charge in [0.15, 0.2) is 0 Å². The lowest BCUT2D eigenvalue weighted by Crippen LogP contribution is -2.19. The molecule has 2 aromatic carbocycles. The Labute approximate surface area is 111 Å². The summed E-state index contributed by atoms with van der Waals surface area (Å²) in [5.74, 6) is -0.403. The van der Waals surface area contributed by atoms with Crippen LogP contribution in [0.3, 0.4) is 0 Å². The summed E-state index contributed by atoms with van der Waals surface area (Å²) in [6.45, 7) is 0. The number of anilines is 1. The van der Waals surface area contributed by atoms with Crippen molar-refractivity contribution in [3.8, 4) is 0 Å². The van der Waals surface area contributed by atoms with E-state index in [0.29, 0.717) is 5.69 Å². The lowest BCUT2D eigenvalue weighted by Gasteiger charge is -2.14. The second-order valence-corrected chi connectivity index (χ2v) is 4.01. The molecular formula is C14H12ClNO2. The number of halogens is 1. The predicted octanol–water partition coefficient (Wildman–Crippen LogP) is 3.35. The van der Waals surface area contributed by atoms with Gasteiger partial charge in [-0.25, -0.2) is 4.79 Å². The van der Waals surface area contributed by atoms with Crippen LogP contribution in [0.2, 0.25) is 0 Å². The molecule has 0 saturated carbocycles. The van der Waals surface area contributed by atoms with Gasteiger partial charge >= 0.3 is 5.97 Å². The van der Waals surface area contributed by atoms with Crippen LogP contribution in [0.4, 0.5) is 5.69 Å². The molecule has 0 aliphatic heterocycles. The lowest BCUT2D eigenvalue weighted by molar-refractivity contribution is -0.142. The summed E-state index contributed by atoms with van der Waals surface area (Å²) in [5.41, 5.74) is 1.50. The molecule has 0 amide bonds. The van der Waals surface area contributed by atoms with Crippen LogP contribution in [-0.2, 0) is 16.1 Å². The highest BCUT2D eigenvalue weighted by atomic mass is 35.5. The third-order valence-electron chi connectivity index (χ3n) is 2.33. The van der Waals surface area contributed by atoms with E-state index in [1.807, 2.05) is 48.5 Å². The van der Waals surface area contributed by atoms with E-state index in [9.17, 15) is 4.79 Å². The van der Waals surface area contributed by atoms with Gasteiger partial charge in [0.05, 0.1) is 23.9 Å². The normalized spacial score (nSPS) is 9.83. The highest BCUT2D eigenvalue weighted by molar-refractivity contribution is 6.24. The van der Waals surface area contributed by atoms with Gasteiger partial charge in [-0.15, -0.1) is 4.58 Å². The van der Waals surface area contributed by atoms with Gasteiger partial charge in [0.2, 0.25) is 0 Å². The molecule has 2 aromatic rings. The van der Waals surface area contributed by atoms with Gasteiger partial charge in [-0.3, -0.25) is 0 Å². The quantitative estimate of drug-likeness (QED) is 0.624. The van der Waals surface area contributed by atoms with E-state index < -0.39 is 5.97 Å². The zero-order chi connectivity index (χ0) is 12.8. The monoisotopic (exact) mass is 261 g/mol. The Bertz CT molecular complexity index is 502. The number of carbonyl (C=O) groups is 1. The number of benzene rings is 2. The summed E-state index contributed by atoms with van der Waals surface area (Å²) < 4.78 is 0.950. The largest absolute Gasteiger partial charge is 0.338 e. The first-order valence-electron chi connectivity index (χ1n) is 5.51. The Morgan fingerprint density at radius 2 is 1.56 bits per heavy atom. The molecule has 2 rings (SSSR count). The zero-order valence-electron chi connectivity index (χ0n) is 9.62. The first kappa shape index (κ1) is 12.5. The molecule has 4 heteroatoms. The molecule has 18 heavy (non-hydrogen) atoms. The molecule has 0 aromatic heterocycles. The lowest BCUT2D eigenvalue weighted by atomic mass is 10.2. The predicted molar refractivity (Wildman–Crippen MR) is 71.0 cm³/mol. The molecular weight excluding hydrogens is 250 g/mol. The number of rotatable bonds is 4. The molecule has 0 unspecified atom stereocenters. The van der Waals surface area contributed by atoms with Crippen molar-refractivity contribution >= 4 is 23.4 Å². The van der Waals surface area contributed by atoms with Gasteiger partial charge < -0.3 is 4.84 Å². The molecule has 0 fully saturated rings. The molecule has 3 nitrogen and oxygen atoms in total. The summed E-state index contributed by atoms with van der Waals surface area (Å²) in [4.78, 5) is 16.6. The second kappa shape index (κ2) is 6.07. The Hall–Kier alpha value is -2.00. The molecule has 92 valence electrons. The van der Waals surface area contributed by atoms with Crippen molar-refractivity contribution in [3.05, 3.63) is 66.2 Å². The second-order valence-electron chi connectivity index (χ2n) is 3.71. The van der Waals surface area contributed by atoms with E-state index in [4.69, 9.17) is 16.6 Å². The average Bonchev–Trinajstić information content (AvgIpc) is 2.40. The van der Waals surface area contributed by atoms with Crippen molar-refractivity contribution in [1.82, 2.24) is 0 Å². The molecule has 0 spiro atoms. The van der Waals surface area contributed by atoms with E-state index in [0.717, 1.165) is 10.1 Å². The van der Waals surface area contributed by atoms with Gasteiger partial charge in [-0.1, -0.05) is 48.5 Å². The SMILES string of the molecule is O=C(Cc1ccccc1)ON(Cl)c1ccccc1. The van der Waals surface area contributed by atoms with Gasteiger partial charge in [-0.2, -0.15) is 0 Å². The third-order valence-corrected chi connectivity index (χ3v) is 2.60. The van der Waals surface area contributed by atoms with Crippen LogP contribution in [0.5, 0.6) is 0 Å². The van der Waals surface area contributed by atoms with Gasteiger partial charge in [0.1, 0.15) is 0 Å². The smallest absolute Gasteiger partial charge is 0.325 e. The fourth-order valence-electron chi connectivity index (χ4n) is 1.48. The summed E-state index contributed by atoms with van der Waals surface area (Å²) in [6.07, 6.45) is 0.191. The van der Waals surface area contributed by atoms with E-state index >= 15 is 0 Å². The van der Waals surface area contributed by atoms with Gasteiger partial charge in [0, 0.05) is 0 Å². The fraction of sp³-hybridized carbons (Fsp3) is 0.0714. The maximum Gasteiger partial charge on any atom is 0.338 e. The Kier molecular flexibility index (Phi) is 4.20. The van der Waals surface area contributed by atoms with Crippen LogP contribution >= 0.6 is 11.8 Å². The summed E-state index contributed by atoms with van der Waals surface area (Å²) in [6, 6.07) is 18.4. The number of nitrogens with zero attached hydrogens (tertiary/aromatic N) is 1. The van der Waals surface area contributed by atoms with Crippen LogP contribution in [-0.4, -0.2) is 5.97 Å². The highest BCUT2D eigenvalue weighted by Crippen LogP contribution is 2.16. The maximum atomic E-state index is 11.6. The highest BCUT2D eigenvalue weighted by Gasteiger charge is 2.11. The molecule has 0 atom stereocenters. The molecule has 0 bridgehead atoms. The number of para-hydroxylation sites is 1. The van der Waals surface area contributed by atoms with Crippen molar-refractivity contribution in [2.24, 2.45) is 0 Å². The first-order chi connectivity index (χ1) is 8.75. The van der Waals surface area contributed by atoms with Crippen molar-refractivity contribution in [2.75, 3.05) is 4.58 Å². The zero-order valence-corrected chi connectivity index (χ0v) is 10.4. The number of hydrogen-bond acceptors (Lipinski definition) is 3. The Balaban J connectivity index is 1.92. The minimum absolute atomic E-state index is 0.191. The molecule has 0 heterocycles. The third kappa shape index (κ3) is 3.50. The van der Waals surface area contributed by atoms with E-state index in [2.05, 4.69) is 0 Å². The number of carbonyl (C=O) groups excluding carboxylic acids is 1. The minimum Gasteiger partial charge on any atom is -0.325 e. The molecule has 0 radical (unpaired) electrons. The first-order valence-corrected chi connectivity index (χ1v) is 5.85. The Morgan fingerprint density at radius 1 is 1.00 bits per heavy atom. The van der Waals surface area contributed by atoms with Crippen LogP contribution in [0.25, 0.3) is 0 Å². The van der Waals surface area contributed by atoms with Crippen LogP contribution < -0.4 is 4.58 Å². The molecule has 0 N–H and O–H groups in total. The van der Waals surface area contributed by atoms with Crippen LogP contribution in [0.1, 0.15) is 5.56 Å². The van der Waals surface area contributed by atoms with Crippen molar-refractivity contribution in [2.45, 2.75) is 6.42 Å². The van der Waals surface area contributed by atoms with Crippen LogP contribution in [0, 0.1) is 0 Å². The number of hydrogen-bond donors (Lipinski definition) is 0. The maximum absolute atomic E-state index is 11.6. The van der Waals surface area contributed by atoms with E-state index in [1.165, 1.54) is 0 Å². The summed E-state index contributed by atoms with van der Waals surface area (Å²) in [5, 5.41) is 0. The van der Waals surface area contributed by atoms with Crippen molar-refractivity contribution in [1.29, 1.82) is 0 Å². The van der Waals surface area contributed by atoms with E-state index in [1.54, 1.807) is 12.1 Å². The topological polar surface area (TPSA) is 29.5 Å². The van der Waals surface area contributed by atoms with Gasteiger partial charge in [0.25, 0.3) is 0 Å². The summed E-state index contributed by atoms with van der Waals surface area (Å²) in [7, 11) is 0. The van der Waals surface area contributed by atoms with Crippen molar-refractivity contribution in [3.63, 3.8) is 0 Å². The van der Waals surface area contributed by atoms with Crippen molar-refractivity contribution < 1.29 is 9.63 Å². The van der Waals surface area contributed by atoms with E-state index in [-0.39, 0.29) is 6.42 Å². The van der Waals surface area contributed by atoms with Gasteiger partial charge in [-0.05, 0) is 17.7 Å².